The van der Waals surface area contributed by atoms with E-state index in [1.54, 1.807) is 6.07 Å². The molecule has 0 aliphatic heterocycles. The van der Waals surface area contributed by atoms with Crippen molar-refractivity contribution < 1.29 is 29.3 Å². The Hall–Kier alpha value is -1.80. The number of hydrogen-bond donors (Lipinski definition) is 3. The van der Waals surface area contributed by atoms with Crippen LogP contribution in [0.15, 0.2) is 16.6 Å². The van der Waals surface area contributed by atoms with Crippen molar-refractivity contribution in [2.45, 2.75) is 12.5 Å². The van der Waals surface area contributed by atoms with Crippen LogP contribution in [-0.2, 0) is 4.79 Å². The molecule has 0 spiro atoms. The molecular weight excluding hydrogens is 346 g/mol. The molecule has 3 N–H and O–H groups in total. The fraction of sp³-hybridized carbons (Fsp3) is 0.385. The highest BCUT2D eigenvalue weighted by molar-refractivity contribution is 9.10. The first kappa shape index (κ1) is 17.3. The first-order valence-corrected chi connectivity index (χ1v) is 6.80. The number of halogens is 1. The number of carbonyl (C=O) groups excluding carboxylic acids is 1. The van der Waals surface area contributed by atoms with Crippen LogP contribution >= 0.6 is 15.9 Å². The van der Waals surface area contributed by atoms with Gasteiger partial charge in [0, 0.05) is 13.0 Å². The average molecular weight is 362 g/mol. The molecule has 1 aromatic rings. The zero-order valence-electron chi connectivity index (χ0n) is 11.6. The SMILES string of the molecule is COc1cc(Br)c(OC)c(C(=O)NCCC(O)C(=O)O)c1. The summed E-state index contributed by atoms with van der Waals surface area (Å²) >= 11 is 3.28. The van der Waals surface area contributed by atoms with E-state index in [2.05, 4.69) is 21.2 Å². The molecule has 1 amide bonds. The van der Waals surface area contributed by atoms with Gasteiger partial charge in [0.15, 0.2) is 6.10 Å². The van der Waals surface area contributed by atoms with Crippen molar-refractivity contribution in [2.24, 2.45) is 0 Å². The molecule has 0 aliphatic rings. The largest absolute Gasteiger partial charge is 0.497 e. The first-order valence-electron chi connectivity index (χ1n) is 6.01. The van der Waals surface area contributed by atoms with Crippen LogP contribution in [0.3, 0.4) is 0 Å². The van der Waals surface area contributed by atoms with Crippen molar-refractivity contribution >= 4 is 27.8 Å². The van der Waals surface area contributed by atoms with Crippen molar-refractivity contribution in [2.75, 3.05) is 20.8 Å². The Kier molecular flexibility index (Phi) is 6.44. The van der Waals surface area contributed by atoms with Crippen LogP contribution in [0.25, 0.3) is 0 Å². The summed E-state index contributed by atoms with van der Waals surface area (Å²) in [5.74, 6) is -0.972. The van der Waals surface area contributed by atoms with Gasteiger partial charge < -0.3 is 25.0 Å². The first-order chi connectivity index (χ1) is 9.90. The molecule has 0 aromatic heterocycles. The molecule has 1 aromatic carbocycles. The second-order valence-electron chi connectivity index (χ2n) is 4.09. The van der Waals surface area contributed by atoms with Crippen molar-refractivity contribution in [3.8, 4) is 11.5 Å². The Labute approximate surface area is 130 Å². The molecule has 0 radical (unpaired) electrons. The molecule has 1 unspecified atom stereocenters. The molecule has 1 atom stereocenters. The van der Waals surface area contributed by atoms with Gasteiger partial charge in [0.2, 0.25) is 0 Å². The number of nitrogens with one attached hydrogen (secondary N) is 1. The van der Waals surface area contributed by atoms with Crippen LogP contribution in [0.1, 0.15) is 16.8 Å². The number of amides is 1. The van der Waals surface area contributed by atoms with Crippen molar-refractivity contribution in [3.63, 3.8) is 0 Å². The number of aliphatic hydroxyl groups excluding tert-OH is 1. The van der Waals surface area contributed by atoms with Crippen LogP contribution in [0.2, 0.25) is 0 Å². The van der Waals surface area contributed by atoms with Gasteiger partial charge in [0.1, 0.15) is 11.5 Å². The number of rotatable bonds is 7. The molecule has 1 rings (SSSR count). The maximum Gasteiger partial charge on any atom is 0.332 e. The predicted octanol–water partition coefficient (Wildman–Crippen LogP) is 1.03. The third-order valence-corrected chi connectivity index (χ3v) is 3.28. The normalized spacial score (nSPS) is 11.6. The van der Waals surface area contributed by atoms with Gasteiger partial charge in [-0.05, 0) is 28.1 Å². The van der Waals surface area contributed by atoms with Gasteiger partial charge >= 0.3 is 5.97 Å². The third kappa shape index (κ3) is 4.61. The standard InChI is InChI=1S/C13H16BrNO6/c1-20-7-5-8(11(21-2)9(14)6-7)12(17)15-4-3-10(16)13(18)19/h5-6,10,16H,3-4H2,1-2H3,(H,15,17)(H,18,19). The minimum atomic E-state index is -1.51. The lowest BCUT2D eigenvalue weighted by atomic mass is 10.1. The highest BCUT2D eigenvalue weighted by Gasteiger charge is 2.18. The molecule has 0 saturated heterocycles. The van der Waals surface area contributed by atoms with Crippen LogP contribution in [0.4, 0.5) is 0 Å². The average Bonchev–Trinajstić information content (AvgIpc) is 2.45. The highest BCUT2D eigenvalue weighted by atomic mass is 79.9. The molecular formula is C13H16BrNO6. The quantitative estimate of drug-likeness (QED) is 0.669. The van der Waals surface area contributed by atoms with Gasteiger partial charge in [0.25, 0.3) is 5.91 Å². The maximum absolute atomic E-state index is 12.1. The van der Waals surface area contributed by atoms with E-state index in [1.165, 1.54) is 20.3 Å². The second kappa shape index (κ2) is 7.84. The lowest BCUT2D eigenvalue weighted by molar-refractivity contribution is -0.146. The molecule has 21 heavy (non-hydrogen) atoms. The van der Waals surface area contributed by atoms with Crippen LogP contribution in [0.5, 0.6) is 11.5 Å². The fourth-order valence-corrected chi connectivity index (χ4v) is 2.20. The topological polar surface area (TPSA) is 105 Å². The summed E-state index contributed by atoms with van der Waals surface area (Å²) in [5.41, 5.74) is 0.244. The van der Waals surface area contributed by atoms with E-state index >= 15 is 0 Å². The van der Waals surface area contributed by atoms with Crippen molar-refractivity contribution in [1.82, 2.24) is 5.32 Å². The van der Waals surface area contributed by atoms with Gasteiger partial charge in [-0.25, -0.2) is 4.79 Å². The number of ether oxygens (including phenoxy) is 2. The summed E-state index contributed by atoms with van der Waals surface area (Å²) < 4.78 is 10.8. The van der Waals surface area contributed by atoms with Crippen LogP contribution in [-0.4, -0.2) is 49.0 Å². The third-order valence-electron chi connectivity index (χ3n) is 2.69. The number of benzene rings is 1. The smallest absolute Gasteiger partial charge is 0.332 e. The summed E-state index contributed by atoms with van der Waals surface area (Å²) in [6.07, 6.45) is -1.60. The lowest BCUT2D eigenvalue weighted by Crippen LogP contribution is -2.30. The van der Waals surface area contributed by atoms with Gasteiger partial charge in [-0.15, -0.1) is 0 Å². The summed E-state index contributed by atoms with van der Waals surface area (Å²) in [6.45, 7) is 0.0181. The summed E-state index contributed by atoms with van der Waals surface area (Å²) in [4.78, 5) is 22.6. The summed E-state index contributed by atoms with van der Waals surface area (Å²) in [5, 5.41) is 20.2. The minimum Gasteiger partial charge on any atom is -0.497 e. The molecule has 7 nitrogen and oxygen atoms in total. The van der Waals surface area contributed by atoms with E-state index in [4.69, 9.17) is 19.7 Å². The maximum atomic E-state index is 12.1. The van der Waals surface area contributed by atoms with Crippen LogP contribution in [0, 0.1) is 0 Å². The zero-order chi connectivity index (χ0) is 16.0. The molecule has 0 bridgehead atoms. The number of aliphatic carboxylic acids is 1. The summed E-state index contributed by atoms with van der Waals surface area (Å²) in [7, 11) is 2.90. The van der Waals surface area contributed by atoms with Gasteiger partial charge in [-0.1, -0.05) is 0 Å². The lowest BCUT2D eigenvalue weighted by Gasteiger charge is -2.13. The Bertz CT molecular complexity index is 534. The second-order valence-corrected chi connectivity index (χ2v) is 4.94. The number of carboxylic acids is 1. The van der Waals surface area contributed by atoms with Gasteiger partial charge in [-0.3, -0.25) is 4.79 Å². The molecule has 8 heteroatoms. The number of carboxylic acid groups (broad SMARTS) is 1. The Morgan fingerprint density at radius 2 is 2.00 bits per heavy atom. The molecule has 0 aliphatic carbocycles. The van der Waals surface area contributed by atoms with E-state index < -0.39 is 18.0 Å². The highest BCUT2D eigenvalue weighted by Crippen LogP contribution is 2.33. The van der Waals surface area contributed by atoms with Gasteiger partial charge in [-0.2, -0.15) is 0 Å². The zero-order valence-corrected chi connectivity index (χ0v) is 13.1. The Morgan fingerprint density at radius 1 is 1.33 bits per heavy atom. The molecule has 0 heterocycles. The summed E-state index contributed by atoms with van der Waals surface area (Å²) in [6, 6.07) is 3.16. The molecule has 0 fully saturated rings. The van der Waals surface area contributed by atoms with Crippen LogP contribution < -0.4 is 14.8 Å². The van der Waals surface area contributed by atoms with E-state index in [0.29, 0.717) is 16.0 Å². The Morgan fingerprint density at radius 3 is 2.52 bits per heavy atom. The van der Waals surface area contributed by atoms with E-state index in [9.17, 15) is 9.59 Å². The predicted molar refractivity (Wildman–Crippen MR) is 77.8 cm³/mol. The number of aliphatic hydroxyl groups is 1. The van der Waals surface area contributed by atoms with E-state index in [-0.39, 0.29) is 18.5 Å². The van der Waals surface area contributed by atoms with Gasteiger partial charge in [0.05, 0.1) is 24.3 Å². The van der Waals surface area contributed by atoms with Crippen molar-refractivity contribution in [3.05, 3.63) is 22.2 Å². The molecule has 0 saturated carbocycles. The van der Waals surface area contributed by atoms with Crippen molar-refractivity contribution in [1.29, 1.82) is 0 Å². The molecule has 116 valence electrons. The Balaban J connectivity index is 2.82. The van der Waals surface area contributed by atoms with E-state index in [1.807, 2.05) is 0 Å². The fourth-order valence-electron chi connectivity index (χ4n) is 1.60. The monoisotopic (exact) mass is 361 g/mol. The minimum absolute atomic E-state index is 0.0181. The number of carbonyl (C=O) groups is 2. The number of hydrogen-bond acceptors (Lipinski definition) is 5. The number of methoxy groups -OCH3 is 2. The van der Waals surface area contributed by atoms with E-state index in [0.717, 1.165) is 0 Å².